The van der Waals surface area contributed by atoms with Gasteiger partial charge >= 0.3 is 0 Å². The first-order valence-electron chi connectivity index (χ1n) is 10.4. The molecule has 0 amide bonds. The van der Waals surface area contributed by atoms with Crippen molar-refractivity contribution in [1.29, 1.82) is 0 Å². The van der Waals surface area contributed by atoms with E-state index < -0.39 is 0 Å². The van der Waals surface area contributed by atoms with Crippen molar-refractivity contribution >= 4 is 16.8 Å². The summed E-state index contributed by atoms with van der Waals surface area (Å²) in [5.41, 5.74) is 2.42. The zero-order chi connectivity index (χ0) is 19.1. The van der Waals surface area contributed by atoms with Gasteiger partial charge in [0.15, 0.2) is 0 Å². The summed E-state index contributed by atoms with van der Waals surface area (Å²) in [7, 11) is 0. The SMILES string of the molecule is C(#Cc1cccc2ccccc12)C[N+]1(CC=Cc2ccccc2)CCCCC1. The minimum atomic E-state index is 0.933. The van der Waals surface area contributed by atoms with Gasteiger partial charge in [0.25, 0.3) is 0 Å². The van der Waals surface area contributed by atoms with Crippen LogP contribution in [0.1, 0.15) is 30.4 Å². The van der Waals surface area contributed by atoms with Crippen LogP contribution in [0.5, 0.6) is 0 Å². The van der Waals surface area contributed by atoms with Crippen molar-refractivity contribution in [2.24, 2.45) is 0 Å². The molecule has 28 heavy (non-hydrogen) atoms. The zero-order valence-corrected chi connectivity index (χ0v) is 16.5. The zero-order valence-electron chi connectivity index (χ0n) is 16.5. The molecule has 0 saturated carbocycles. The number of benzene rings is 3. The maximum absolute atomic E-state index is 3.54. The summed E-state index contributed by atoms with van der Waals surface area (Å²) in [5, 5.41) is 2.52. The van der Waals surface area contributed by atoms with E-state index >= 15 is 0 Å². The van der Waals surface area contributed by atoms with Crippen molar-refractivity contribution in [3.05, 3.63) is 90.0 Å². The van der Waals surface area contributed by atoms with Crippen molar-refractivity contribution in [3.63, 3.8) is 0 Å². The molecule has 1 saturated heterocycles. The number of likely N-dealkylation sites (tertiary alicyclic amines) is 1. The fourth-order valence-electron chi connectivity index (χ4n) is 4.20. The highest BCUT2D eigenvalue weighted by atomic mass is 15.3. The van der Waals surface area contributed by atoms with E-state index in [1.165, 1.54) is 48.7 Å². The third kappa shape index (κ3) is 4.53. The Kier molecular flexibility index (Phi) is 5.90. The highest BCUT2D eigenvalue weighted by Crippen LogP contribution is 2.20. The van der Waals surface area contributed by atoms with Gasteiger partial charge in [-0.05, 0) is 53.7 Å². The van der Waals surface area contributed by atoms with Crippen molar-refractivity contribution in [2.75, 3.05) is 26.2 Å². The summed E-state index contributed by atoms with van der Waals surface area (Å²) in [6.07, 6.45) is 8.59. The second kappa shape index (κ2) is 8.91. The molecule has 1 fully saturated rings. The lowest BCUT2D eigenvalue weighted by Crippen LogP contribution is -2.51. The number of rotatable bonds is 4. The standard InChI is InChI=1S/C27H28N/c1-3-12-24(13-4-1)14-10-22-28(20-7-2-8-21-28)23-11-18-26-17-9-16-25-15-5-6-19-27(25)26/h1,3-6,9-10,12-17,19H,2,7-8,20-23H2/q+1. The molecule has 0 bridgehead atoms. The highest BCUT2D eigenvalue weighted by molar-refractivity contribution is 5.88. The molecule has 3 aromatic carbocycles. The second-order valence-corrected chi connectivity index (χ2v) is 7.83. The van der Waals surface area contributed by atoms with Crippen LogP contribution in [0.25, 0.3) is 16.8 Å². The number of quaternary nitrogens is 1. The molecule has 1 heteroatoms. The summed E-state index contributed by atoms with van der Waals surface area (Å²) in [4.78, 5) is 0. The van der Waals surface area contributed by atoms with Gasteiger partial charge in [-0.25, -0.2) is 0 Å². The number of piperidine rings is 1. The van der Waals surface area contributed by atoms with E-state index in [9.17, 15) is 0 Å². The Bertz CT molecular complexity index is 993. The Morgan fingerprint density at radius 1 is 0.786 bits per heavy atom. The maximum Gasteiger partial charge on any atom is 0.141 e. The van der Waals surface area contributed by atoms with E-state index in [2.05, 4.69) is 96.8 Å². The predicted molar refractivity (Wildman–Crippen MR) is 120 cm³/mol. The van der Waals surface area contributed by atoms with E-state index in [1.54, 1.807) is 0 Å². The van der Waals surface area contributed by atoms with Crippen molar-refractivity contribution in [2.45, 2.75) is 19.3 Å². The van der Waals surface area contributed by atoms with Crippen molar-refractivity contribution in [1.82, 2.24) is 0 Å². The molecular formula is C27H28N+. The molecule has 0 atom stereocenters. The minimum absolute atomic E-state index is 0.933. The molecule has 0 N–H and O–H groups in total. The Balaban J connectivity index is 1.51. The van der Waals surface area contributed by atoms with Crippen LogP contribution >= 0.6 is 0 Å². The Hall–Kier alpha value is -2.82. The lowest BCUT2D eigenvalue weighted by atomic mass is 10.0. The fourth-order valence-corrected chi connectivity index (χ4v) is 4.20. The van der Waals surface area contributed by atoms with Crippen LogP contribution in [0, 0.1) is 11.8 Å². The summed E-state index contributed by atoms with van der Waals surface area (Å²) in [5.74, 6) is 7.02. The third-order valence-electron chi connectivity index (χ3n) is 5.79. The van der Waals surface area contributed by atoms with E-state index in [0.29, 0.717) is 0 Å². The minimum Gasteiger partial charge on any atom is -0.310 e. The molecule has 0 spiro atoms. The monoisotopic (exact) mass is 366 g/mol. The predicted octanol–water partition coefficient (Wildman–Crippen LogP) is 5.91. The average molecular weight is 367 g/mol. The number of hydrogen-bond donors (Lipinski definition) is 0. The molecule has 1 aliphatic heterocycles. The molecule has 4 rings (SSSR count). The molecule has 0 aliphatic carbocycles. The first kappa shape index (κ1) is 18.5. The number of hydrogen-bond acceptors (Lipinski definition) is 0. The molecule has 1 aliphatic rings. The van der Waals surface area contributed by atoms with Gasteiger partial charge in [-0.2, -0.15) is 0 Å². The first-order valence-corrected chi connectivity index (χ1v) is 10.4. The summed E-state index contributed by atoms with van der Waals surface area (Å²) >= 11 is 0. The van der Waals surface area contributed by atoms with E-state index in [-0.39, 0.29) is 0 Å². The third-order valence-corrected chi connectivity index (χ3v) is 5.79. The maximum atomic E-state index is 3.54. The smallest absolute Gasteiger partial charge is 0.141 e. The molecule has 0 unspecified atom stereocenters. The molecule has 1 nitrogen and oxygen atoms in total. The van der Waals surface area contributed by atoms with E-state index in [1.807, 2.05) is 0 Å². The van der Waals surface area contributed by atoms with Gasteiger partial charge in [0.1, 0.15) is 6.54 Å². The van der Waals surface area contributed by atoms with Crippen LogP contribution in [-0.4, -0.2) is 30.7 Å². The van der Waals surface area contributed by atoms with Crippen LogP contribution in [0.2, 0.25) is 0 Å². The fraction of sp³-hybridized carbons (Fsp3) is 0.259. The van der Waals surface area contributed by atoms with Crippen molar-refractivity contribution in [3.8, 4) is 11.8 Å². The van der Waals surface area contributed by atoms with Gasteiger partial charge in [-0.3, -0.25) is 0 Å². The second-order valence-electron chi connectivity index (χ2n) is 7.83. The van der Waals surface area contributed by atoms with Crippen LogP contribution in [-0.2, 0) is 0 Å². The molecule has 140 valence electrons. The average Bonchev–Trinajstić information content (AvgIpc) is 2.75. The quantitative estimate of drug-likeness (QED) is 0.398. The van der Waals surface area contributed by atoms with Gasteiger partial charge in [-0.15, -0.1) is 0 Å². The Labute approximate surface area is 168 Å². The van der Waals surface area contributed by atoms with E-state index in [0.717, 1.165) is 23.1 Å². The number of nitrogens with zero attached hydrogens (tertiary/aromatic N) is 1. The molecular weight excluding hydrogens is 338 g/mol. The van der Waals surface area contributed by atoms with Gasteiger partial charge in [0, 0.05) is 5.56 Å². The van der Waals surface area contributed by atoms with Gasteiger partial charge in [0.2, 0.25) is 0 Å². The van der Waals surface area contributed by atoms with E-state index in [4.69, 9.17) is 0 Å². The Morgan fingerprint density at radius 3 is 2.39 bits per heavy atom. The van der Waals surface area contributed by atoms with Gasteiger partial charge in [-0.1, -0.05) is 78.7 Å². The van der Waals surface area contributed by atoms with Crippen LogP contribution in [0.3, 0.4) is 0 Å². The summed E-state index contributed by atoms with van der Waals surface area (Å²) < 4.78 is 1.10. The first-order chi connectivity index (χ1) is 13.8. The lowest BCUT2D eigenvalue weighted by molar-refractivity contribution is -0.920. The molecule has 0 aromatic heterocycles. The largest absolute Gasteiger partial charge is 0.310 e. The summed E-state index contributed by atoms with van der Waals surface area (Å²) in [6.45, 7) is 4.48. The van der Waals surface area contributed by atoms with Gasteiger partial charge in [0.05, 0.1) is 19.6 Å². The highest BCUT2D eigenvalue weighted by Gasteiger charge is 2.27. The number of fused-ring (bicyclic) bond motifs is 1. The van der Waals surface area contributed by atoms with Crippen LogP contribution in [0.4, 0.5) is 0 Å². The Morgan fingerprint density at radius 2 is 1.54 bits per heavy atom. The van der Waals surface area contributed by atoms with Crippen LogP contribution in [0.15, 0.2) is 78.9 Å². The summed E-state index contributed by atoms with van der Waals surface area (Å²) in [6, 6.07) is 25.5. The lowest BCUT2D eigenvalue weighted by Gasteiger charge is -2.39. The molecule has 0 radical (unpaired) electrons. The topological polar surface area (TPSA) is 0 Å². The molecule has 3 aromatic rings. The molecule has 1 heterocycles. The normalized spacial score (nSPS) is 16.0. The van der Waals surface area contributed by atoms with Crippen LogP contribution < -0.4 is 0 Å². The van der Waals surface area contributed by atoms with Gasteiger partial charge < -0.3 is 4.48 Å². The van der Waals surface area contributed by atoms with Crippen molar-refractivity contribution < 1.29 is 4.48 Å².